The van der Waals surface area contributed by atoms with Gasteiger partial charge in [0.05, 0.1) is 18.8 Å². The van der Waals surface area contributed by atoms with Crippen LogP contribution in [0, 0.1) is 0 Å². The van der Waals surface area contributed by atoms with Crippen molar-refractivity contribution >= 4 is 5.96 Å². The third kappa shape index (κ3) is 6.10. The summed E-state index contributed by atoms with van der Waals surface area (Å²) in [5, 5.41) is 10.7. The average molecular weight is 358 g/mol. The fraction of sp³-hybridized carbons (Fsp3) is 0.500. The number of hydrogen-bond donors (Lipinski definition) is 2. The lowest BCUT2D eigenvalue weighted by atomic mass is 9.99. The number of nitrogens with one attached hydrogen (secondary N) is 2. The van der Waals surface area contributed by atoms with E-state index >= 15 is 0 Å². The lowest BCUT2D eigenvalue weighted by Crippen LogP contribution is -2.41. The Morgan fingerprint density at radius 3 is 2.58 bits per heavy atom. The Morgan fingerprint density at radius 1 is 1.19 bits per heavy atom. The number of aliphatic imine (C=N–C) groups is 1. The number of benzene rings is 1. The van der Waals surface area contributed by atoms with E-state index in [1.807, 2.05) is 43.3 Å². The predicted molar refractivity (Wildman–Crippen MR) is 105 cm³/mol. The van der Waals surface area contributed by atoms with Crippen molar-refractivity contribution in [2.75, 3.05) is 13.6 Å². The zero-order chi connectivity index (χ0) is 18.8. The van der Waals surface area contributed by atoms with Gasteiger partial charge in [-0.1, -0.05) is 37.2 Å². The summed E-state index contributed by atoms with van der Waals surface area (Å²) >= 11 is 0. The van der Waals surface area contributed by atoms with E-state index in [1.165, 1.54) is 0 Å². The SMILES string of the molecule is CCC(CC)c1cc(CNC(=NC)NCC(C)Oc2ccccc2)on1. The van der Waals surface area contributed by atoms with E-state index in [0.29, 0.717) is 25.0 Å². The summed E-state index contributed by atoms with van der Waals surface area (Å²) in [4.78, 5) is 4.23. The normalized spacial score (nSPS) is 12.9. The molecular weight excluding hydrogens is 328 g/mol. The second kappa shape index (κ2) is 10.5. The minimum Gasteiger partial charge on any atom is -0.489 e. The van der Waals surface area contributed by atoms with E-state index in [-0.39, 0.29) is 6.10 Å². The summed E-state index contributed by atoms with van der Waals surface area (Å²) in [5.41, 5.74) is 1.03. The van der Waals surface area contributed by atoms with Gasteiger partial charge in [0, 0.05) is 19.0 Å². The zero-order valence-corrected chi connectivity index (χ0v) is 16.2. The van der Waals surface area contributed by atoms with Crippen LogP contribution in [-0.4, -0.2) is 30.8 Å². The fourth-order valence-electron chi connectivity index (χ4n) is 2.72. The Morgan fingerprint density at radius 2 is 1.92 bits per heavy atom. The molecule has 1 aromatic carbocycles. The molecule has 1 aromatic heterocycles. The van der Waals surface area contributed by atoms with Crippen molar-refractivity contribution in [1.29, 1.82) is 0 Å². The molecule has 0 saturated heterocycles. The molecule has 0 fully saturated rings. The van der Waals surface area contributed by atoms with Gasteiger partial charge in [0.25, 0.3) is 0 Å². The highest BCUT2D eigenvalue weighted by Crippen LogP contribution is 2.22. The molecule has 0 bridgehead atoms. The van der Waals surface area contributed by atoms with Crippen LogP contribution in [0.1, 0.15) is 51.0 Å². The maximum Gasteiger partial charge on any atom is 0.191 e. The highest BCUT2D eigenvalue weighted by molar-refractivity contribution is 5.79. The molecule has 2 rings (SSSR count). The molecule has 0 spiro atoms. The molecule has 0 radical (unpaired) electrons. The highest BCUT2D eigenvalue weighted by Gasteiger charge is 2.13. The second-order valence-electron chi connectivity index (χ2n) is 6.28. The van der Waals surface area contributed by atoms with Crippen molar-refractivity contribution in [1.82, 2.24) is 15.8 Å². The molecule has 0 aliphatic carbocycles. The van der Waals surface area contributed by atoms with Crippen molar-refractivity contribution in [3.8, 4) is 5.75 Å². The number of hydrogen-bond acceptors (Lipinski definition) is 4. The minimum absolute atomic E-state index is 0.0164. The van der Waals surface area contributed by atoms with E-state index in [1.54, 1.807) is 7.05 Å². The smallest absolute Gasteiger partial charge is 0.191 e. The molecule has 142 valence electrons. The Bertz CT molecular complexity index is 665. The highest BCUT2D eigenvalue weighted by atomic mass is 16.5. The van der Waals surface area contributed by atoms with Crippen molar-refractivity contribution < 1.29 is 9.26 Å². The Labute approximate surface area is 156 Å². The van der Waals surface area contributed by atoms with Gasteiger partial charge in [-0.25, -0.2) is 0 Å². The molecular formula is C20H30N4O2. The molecule has 6 nitrogen and oxygen atoms in total. The Kier molecular flexibility index (Phi) is 7.99. The molecule has 2 N–H and O–H groups in total. The summed E-state index contributed by atoms with van der Waals surface area (Å²) in [5.74, 6) is 2.83. The molecule has 2 aromatic rings. The Hall–Kier alpha value is -2.50. The van der Waals surface area contributed by atoms with Gasteiger partial charge in [-0.15, -0.1) is 0 Å². The summed E-state index contributed by atoms with van der Waals surface area (Å²) in [6, 6.07) is 11.8. The van der Waals surface area contributed by atoms with Crippen molar-refractivity contribution in [2.24, 2.45) is 4.99 Å². The lowest BCUT2D eigenvalue weighted by Gasteiger charge is -2.17. The van der Waals surface area contributed by atoms with E-state index in [4.69, 9.17) is 9.26 Å². The van der Waals surface area contributed by atoms with Crippen LogP contribution in [0.5, 0.6) is 5.75 Å². The van der Waals surface area contributed by atoms with Crippen LogP contribution in [-0.2, 0) is 6.54 Å². The molecule has 0 aliphatic rings. The number of aromatic nitrogens is 1. The average Bonchev–Trinajstić information content (AvgIpc) is 3.12. The maximum absolute atomic E-state index is 5.85. The summed E-state index contributed by atoms with van der Waals surface area (Å²) in [6.07, 6.45) is 2.15. The van der Waals surface area contributed by atoms with Crippen molar-refractivity contribution in [3.05, 3.63) is 47.9 Å². The van der Waals surface area contributed by atoms with Gasteiger partial charge in [0.1, 0.15) is 11.9 Å². The van der Waals surface area contributed by atoms with Crippen LogP contribution in [0.2, 0.25) is 0 Å². The van der Waals surface area contributed by atoms with Gasteiger partial charge in [0.15, 0.2) is 11.7 Å². The number of nitrogens with zero attached hydrogens (tertiary/aromatic N) is 2. The number of para-hydroxylation sites is 1. The molecule has 6 heteroatoms. The lowest BCUT2D eigenvalue weighted by molar-refractivity contribution is 0.224. The van der Waals surface area contributed by atoms with E-state index in [2.05, 4.69) is 34.6 Å². The Balaban J connectivity index is 1.77. The molecule has 1 unspecified atom stereocenters. The molecule has 0 amide bonds. The minimum atomic E-state index is 0.0164. The van der Waals surface area contributed by atoms with Crippen LogP contribution in [0.4, 0.5) is 0 Å². The van der Waals surface area contributed by atoms with Gasteiger partial charge in [-0.3, -0.25) is 4.99 Å². The number of ether oxygens (including phenoxy) is 1. The van der Waals surface area contributed by atoms with Gasteiger partial charge in [-0.2, -0.15) is 0 Å². The van der Waals surface area contributed by atoms with Gasteiger partial charge < -0.3 is 19.9 Å². The number of guanidine groups is 1. The monoisotopic (exact) mass is 358 g/mol. The van der Waals surface area contributed by atoms with Crippen LogP contribution in [0.25, 0.3) is 0 Å². The van der Waals surface area contributed by atoms with Crippen LogP contribution < -0.4 is 15.4 Å². The summed E-state index contributed by atoms with van der Waals surface area (Å²) < 4.78 is 11.3. The molecule has 0 saturated carbocycles. The van der Waals surface area contributed by atoms with E-state index < -0.39 is 0 Å². The first-order valence-electron chi connectivity index (χ1n) is 9.27. The third-order valence-electron chi connectivity index (χ3n) is 4.27. The van der Waals surface area contributed by atoms with Gasteiger partial charge in [-0.05, 0) is 31.9 Å². The fourth-order valence-corrected chi connectivity index (χ4v) is 2.72. The first kappa shape index (κ1) is 19.8. The molecule has 26 heavy (non-hydrogen) atoms. The zero-order valence-electron chi connectivity index (χ0n) is 16.2. The maximum atomic E-state index is 5.85. The summed E-state index contributed by atoms with van der Waals surface area (Å²) in [6.45, 7) is 7.55. The topological polar surface area (TPSA) is 71.7 Å². The van der Waals surface area contributed by atoms with Crippen molar-refractivity contribution in [3.63, 3.8) is 0 Å². The van der Waals surface area contributed by atoms with Crippen LogP contribution >= 0.6 is 0 Å². The first-order chi connectivity index (χ1) is 12.7. The van der Waals surface area contributed by atoms with E-state index in [9.17, 15) is 0 Å². The van der Waals surface area contributed by atoms with E-state index in [0.717, 1.165) is 30.0 Å². The second-order valence-corrected chi connectivity index (χ2v) is 6.28. The van der Waals surface area contributed by atoms with Crippen LogP contribution in [0.3, 0.4) is 0 Å². The largest absolute Gasteiger partial charge is 0.489 e. The number of rotatable bonds is 9. The van der Waals surface area contributed by atoms with Crippen LogP contribution in [0.15, 0.2) is 45.9 Å². The summed E-state index contributed by atoms with van der Waals surface area (Å²) in [7, 11) is 1.74. The first-order valence-corrected chi connectivity index (χ1v) is 9.27. The van der Waals surface area contributed by atoms with Crippen molar-refractivity contribution in [2.45, 2.75) is 52.2 Å². The third-order valence-corrected chi connectivity index (χ3v) is 4.27. The standard InChI is InChI=1S/C20H30N4O2/c1-5-16(6-2)19-12-18(26-24-19)14-23-20(21-4)22-13-15(3)25-17-10-8-7-9-11-17/h7-12,15-16H,5-6,13-14H2,1-4H3,(H2,21,22,23). The molecule has 1 heterocycles. The van der Waals surface area contributed by atoms with Gasteiger partial charge in [0.2, 0.25) is 0 Å². The quantitative estimate of drug-likeness (QED) is 0.528. The van der Waals surface area contributed by atoms with Gasteiger partial charge >= 0.3 is 0 Å². The molecule has 0 aliphatic heterocycles. The molecule has 1 atom stereocenters. The predicted octanol–water partition coefficient (Wildman–Crippen LogP) is 3.71.